The summed E-state index contributed by atoms with van der Waals surface area (Å²) in [6, 6.07) is 17.3. The van der Waals surface area contributed by atoms with Crippen LogP contribution < -0.4 is 9.64 Å². The quantitative estimate of drug-likeness (QED) is 0.447. The third-order valence-corrected chi connectivity index (χ3v) is 4.85. The Morgan fingerprint density at radius 3 is 1.88 bits per heavy atom. The van der Waals surface area contributed by atoms with Gasteiger partial charge in [0.2, 0.25) is 0 Å². The van der Waals surface area contributed by atoms with Gasteiger partial charge in [-0.2, -0.15) is 18.0 Å². The van der Waals surface area contributed by atoms with Crippen molar-refractivity contribution in [3.63, 3.8) is 0 Å². The molecule has 0 N–H and O–H groups in total. The van der Waals surface area contributed by atoms with Gasteiger partial charge in [-0.3, -0.25) is 9.59 Å². The number of nitrogens with zero attached hydrogens (tertiary/aromatic N) is 4. The molecule has 0 radical (unpaired) electrons. The van der Waals surface area contributed by atoms with E-state index in [0.717, 1.165) is 4.90 Å². The minimum atomic E-state index is -4.57. The van der Waals surface area contributed by atoms with Crippen molar-refractivity contribution in [1.82, 2.24) is 15.0 Å². The van der Waals surface area contributed by atoms with Gasteiger partial charge in [-0.25, -0.2) is 4.90 Å². The maximum atomic E-state index is 12.9. The highest BCUT2D eigenvalue weighted by Crippen LogP contribution is 2.33. The summed E-state index contributed by atoms with van der Waals surface area (Å²) in [4.78, 5) is 27.9. The molecule has 0 atom stereocenters. The Morgan fingerprint density at radius 2 is 1.31 bits per heavy atom. The number of rotatable bonds is 4. The fraction of sp³-hybridized carbons (Fsp3) is 0.0909. The molecule has 1 aromatic heterocycles. The summed E-state index contributed by atoms with van der Waals surface area (Å²) < 4.78 is 43.1. The highest BCUT2D eigenvalue weighted by Gasteiger charge is 2.37. The number of alkyl halides is 3. The second kappa shape index (κ2) is 7.19. The molecule has 0 saturated heterocycles. The van der Waals surface area contributed by atoms with Gasteiger partial charge < -0.3 is 4.74 Å². The highest BCUT2D eigenvalue weighted by atomic mass is 19.4. The van der Waals surface area contributed by atoms with Gasteiger partial charge in [0.25, 0.3) is 11.8 Å². The summed E-state index contributed by atoms with van der Waals surface area (Å²) in [5.74, 6) is -1.35. The molecule has 10 heteroatoms. The standard InChI is InChI=1S/C22H13F3N4O3/c23-22(24,25)12-32-15-10-13(28-20(30)16-5-1-2-6-17(16)21(28)31)9-14(11-15)29-26-18-7-3-4-8-19(18)27-29/h1-11H,12H2. The van der Waals surface area contributed by atoms with E-state index in [0.29, 0.717) is 11.0 Å². The highest BCUT2D eigenvalue weighted by molar-refractivity contribution is 6.34. The lowest BCUT2D eigenvalue weighted by Gasteiger charge is -2.17. The van der Waals surface area contributed by atoms with E-state index in [1.165, 1.54) is 35.1 Å². The molecular formula is C22H13F3N4O3. The largest absolute Gasteiger partial charge is 0.484 e. The summed E-state index contributed by atoms with van der Waals surface area (Å²) in [7, 11) is 0. The topological polar surface area (TPSA) is 77.3 Å². The Morgan fingerprint density at radius 1 is 0.781 bits per heavy atom. The number of amides is 2. The summed E-state index contributed by atoms with van der Waals surface area (Å²) in [5.41, 5.74) is 1.83. The molecule has 160 valence electrons. The summed E-state index contributed by atoms with van der Waals surface area (Å²) in [6.07, 6.45) is -4.57. The van der Waals surface area contributed by atoms with Gasteiger partial charge in [-0.1, -0.05) is 24.3 Å². The average Bonchev–Trinajstić information content (AvgIpc) is 3.31. The monoisotopic (exact) mass is 438 g/mol. The van der Waals surface area contributed by atoms with Crippen molar-refractivity contribution >= 4 is 28.5 Å². The van der Waals surface area contributed by atoms with Gasteiger partial charge in [0.1, 0.15) is 16.8 Å². The molecule has 0 unspecified atom stereocenters. The lowest BCUT2D eigenvalue weighted by atomic mass is 10.1. The summed E-state index contributed by atoms with van der Waals surface area (Å²) in [5, 5.41) is 8.64. The van der Waals surface area contributed by atoms with Crippen LogP contribution in [0.5, 0.6) is 5.75 Å². The smallest absolute Gasteiger partial charge is 0.422 e. The van der Waals surface area contributed by atoms with Crippen LogP contribution in [0.15, 0.2) is 66.7 Å². The van der Waals surface area contributed by atoms with E-state index in [4.69, 9.17) is 4.74 Å². The molecule has 2 heterocycles. The lowest BCUT2D eigenvalue weighted by Crippen LogP contribution is -2.29. The fourth-order valence-electron chi connectivity index (χ4n) is 3.46. The third-order valence-electron chi connectivity index (χ3n) is 4.85. The Labute approximate surface area is 178 Å². The second-order valence-corrected chi connectivity index (χ2v) is 7.06. The van der Waals surface area contributed by atoms with E-state index in [2.05, 4.69) is 10.2 Å². The van der Waals surface area contributed by atoms with E-state index in [-0.39, 0.29) is 28.3 Å². The molecule has 4 aromatic rings. The first-order valence-corrected chi connectivity index (χ1v) is 9.45. The number of hydrogen-bond acceptors (Lipinski definition) is 5. The number of benzene rings is 3. The van der Waals surface area contributed by atoms with Crippen LogP contribution in [0, 0.1) is 0 Å². The Balaban J connectivity index is 1.61. The zero-order valence-corrected chi connectivity index (χ0v) is 16.2. The number of imide groups is 1. The number of aromatic nitrogens is 3. The zero-order chi connectivity index (χ0) is 22.5. The van der Waals surface area contributed by atoms with Crippen LogP contribution in [0.4, 0.5) is 18.9 Å². The fourth-order valence-corrected chi connectivity index (χ4v) is 3.46. The van der Waals surface area contributed by atoms with Crippen molar-refractivity contribution in [2.45, 2.75) is 6.18 Å². The predicted octanol–water partition coefficient (Wildman–Crippen LogP) is 4.16. The SMILES string of the molecule is O=C1c2ccccc2C(=O)N1c1cc(OCC(F)(F)F)cc(-n2nc3ccccc3n2)c1. The summed E-state index contributed by atoms with van der Waals surface area (Å²) >= 11 is 0. The van der Waals surface area contributed by atoms with Crippen molar-refractivity contribution in [2.75, 3.05) is 11.5 Å². The van der Waals surface area contributed by atoms with E-state index in [1.54, 1.807) is 36.4 Å². The van der Waals surface area contributed by atoms with Gasteiger partial charge in [0.15, 0.2) is 6.61 Å². The molecule has 0 saturated carbocycles. The Hall–Kier alpha value is -4.21. The first-order valence-electron chi connectivity index (χ1n) is 9.45. The molecule has 0 spiro atoms. The van der Waals surface area contributed by atoms with Crippen molar-refractivity contribution in [3.05, 3.63) is 77.9 Å². The maximum Gasteiger partial charge on any atom is 0.422 e. The second-order valence-electron chi connectivity index (χ2n) is 7.06. The lowest BCUT2D eigenvalue weighted by molar-refractivity contribution is -0.153. The number of hydrogen-bond donors (Lipinski definition) is 0. The van der Waals surface area contributed by atoms with E-state index >= 15 is 0 Å². The molecule has 3 aromatic carbocycles. The Bertz CT molecular complexity index is 1310. The number of carbonyl (C=O) groups excluding carboxylic acids is 2. The molecule has 0 fully saturated rings. The number of fused-ring (bicyclic) bond motifs is 2. The molecule has 32 heavy (non-hydrogen) atoms. The average molecular weight is 438 g/mol. The molecule has 7 nitrogen and oxygen atoms in total. The minimum Gasteiger partial charge on any atom is -0.484 e. The van der Waals surface area contributed by atoms with E-state index < -0.39 is 24.6 Å². The number of ether oxygens (including phenoxy) is 1. The van der Waals surface area contributed by atoms with E-state index in [9.17, 15) is 22.8 Å². The third kappa shape index (κ3) is 3.45. The number of halogens is 3. The number of anilines is 1. The first kappa shape index (κ1) is 19.7. The van der Waals surface area contributed by atoms with Crippen LogP contribution in [0.2, 0.25) is 0 Å². The first-order chi connectivity index (χ1) is 15.3. The van der Waals surface area contributed by atoms with Gasteiger partial charge in [0, 0.05) is 12.1 Å². The maximum absolute atomic E-state index is 12.9. The zero-order valence-electron chi connectivity index (χ0n) is 16.2. The molecule has 0 aliphatic carbocycles. The van der Waals surface area contributed by atoms with Crippen LogP contribution in [0.1, 0.15) is 20.7 Å². The van der Waals surface area contributed by atoms with Crippen molar-refractivity contribution < 1.29 is 27.5 Å². The van der Waals surface area contributed by atoms with Crippen LogP contribution in [-0.4, -0.2) is 39.6 Å². The van der Waals surface area contributed by atoms with Gasteiger partial charge in [-0.05, 0) is 30.3 Å². The van der Waals surface area contributed by atoms with Gasteiger partial charge in [0.05, 0.1) is 22.5 Å². The molecule has 0 bridgehead atoms. The summed E-state index contributed by atoms with van der Waals surface area (Å²) in [6.45, 7) is -1.54. The molecule has 5 rings (SSSR count). The molecule has 1 aliphatic heterocycles. The van der Waals surface area contributed by atoms with Gasteiger partial charge >= 0.3 is 6.18 Å². The van der Waals surface area contributed by atoms with Crippen LogP contribution in [-0.2, 0) is 0 Å². The molecule has 2 amide bonds. The van der Waals surface area contributed by atoms with Crippen molar-refractivity contribution in [2.24, 2.45) is 0 Å². The normalized spacial score (nSPS) is 13.7. The van der Waals surface area contributed by atoms with E-state index in [1.807, 2.05) is 0 Å². The van der Waals surface area contributed by atoms with Crippen LogP contribution in [0.3, 0.4) is 0 Å². The van der Waals surface area contributed by atoms with Crippen molar-refractivity contribution in [1.29, 1.82) is 0 Å². The van der Waals surface area contributed by atoms with Crippen molar-refractivity contribution in [3.8, 4) is 11.4 Å². The van der Waals surface area contributed by atoms with Crippen LogP contribution >= 0.6 is 0 Å². The van der Waals surface area contributed by atoms with Crippen LogP contribution in [0.25, 0.3) is 16.7 Å². The van der Waals surface area contributed by atoms with Gasteiger partial charge in [-0.15, -0.1) is 10.2 Å². The number of carbonyl (C=O) groups is 2. The molecule has 1 aliphatic rings. The Kier molecular flexibility index (Phi) is 4.43. The predicted molar refractivity (Wildman–Crippen MR) is 108 cm³/mol. The molecular weight excluding hydrogens is 425 g/mol. The minimum absolute atomic E-state index is 0.0484.